The van der Waals surface area contributed by atoms with E-state index in [2.05, 4.69) is 25.5 Å². The lowest BCUT2D eigenvalue weighted by Gasteiger charge is -2.14. The van der Waals surface area contributed by atoms with Gasteiger partial charge in [-0.3, -0.25) is 25.0 Å². The van der Waals surface area contributed by atoms with Crippen LogP contribution in [0.2, 0.25) is 0 Å². The molecular weight excluding hydrogens is 372 g/mol. The lowest BCUT2D eigenvalue weighted by Crippen LogP contribution is -2.25. The van der Waals surface area contributed by atoms with Gasteiger partial charge in [0.25, 0.3) is 15.9 Å². The van der Waals surface area contributed by atoms with Crippen molar-refractivity contribution < 1.29 is 18.0 Å². The first-order chi connectivity index (χ1) is 12.9. The van der Waals surface area contributed by atoms with E-state index in [0.29, 0.717) is 11.5 Å². The van der Waals surface area contributed by atoms with E-state index in [9.17, 15) is 13.2 Å². The number of aromatic nitrogens is 4. The molecule has 0 aliphatic rings. The fourth-order valence-corrected chi connectivity index (χ4v) is 3.11. The third-order valence-electron chi connectivity index (χ3n) is 3.63. The first-order valence-corrected chi connectivity index (χ1v) is 9.14. The lowest BCUT2D eigenvalue weighted by atomic mass is 10.2. The molecule has 3 aromatic rings. The summed E-state index contributed by atoms with van der Waals surface area (Å²) >= 11 is 0. The van der Waals surface area contributed by atoms with Gasteiger partial charge in [0.1, 0.15) is 5.69 Å². The van der Waals surface area contributed by atoms with Gasteiger partial charge in [-0.05, 0) is 36.4 Å². The summed E-state index contributed by atoms with van der Waals surface area (Å²) < 4.78 is 25.0. The number of hydrogen-bond donors (Lipinski definition) is 2. The maximum atomic E-state index is 12.3. The number of benzene rings is 1. The Bertz CT molecular complexity index is 1030. The number of nitrogens with one attached hydrogen (secondary N) is 2. The van der Waals surface area contributed by atoms with E-state index in [4.69, 9.17) is 4.84 Å². The Balaban J connectivity index is 1.73. The highest BCUT2D eigenvalue weighted by Crippen LogP contribution is 2.16. The van der Waals surface area contributed by atoms with E-state index >= 15 is 0 Å². The van der Waals surface area contributed by atoms with E-state index < -0.39 is 15.9 Å². The highest BCUT2D eigenvalue weighted by Gasteiger charge is 2.21. The zero-order chi connectivity index (χ0) is 19.4. The summed E-state index contributed by atoms with van der Waals surface area (Å²) in [6.07, 6.45) is 1.62. The molecule has 2 heterocycles. The Labute approximate surface area is 155 Å². The van der Waals surface area contributed by atoms with Crippen LogP contribution in [-0.4, -0.2) is 53.1 Å². The Morgan fingerprint density at radius 1 is 1.19 bits per heavy atom. The van der Waals surface area contributed by atoms with Crippen LogP contribution in [-0.2, 0) is 14.9 Å². The molecule has 0 radical (unpaired) electrons. The average molecular weight is 388 g/mol. The zero-order valence-electron chi connectivity index (χ0n) is 14.4. The van der Waals surface area contributed by atoms with Gasteiger partial charge < -0.3 is 0 Å². The smallest absolute Gasteiger partial charge is 0.264 e. The Hall–Kier alpha value is -3.15. The number of pyridine rings is 1. The van der Waals surface area contributed by atoms with Crippen LogP contribution in [0.3, 0.4) is 0 Å². The summed E-state index contributed by atoms with van der Waals surface area (Å²) in [4.78, 5) is 25.3. The van der Waals surface area contributed by atoms with Crippen molar-refractivity contribution in [2.75, 3.05) is 19.5 Å². The monoisotopic (exact) mass is 388 g/mol. The molecule has 11 heteroatoms. The molecule has 0 aliphatic heterocycles. The van der Waals surface area contributed by atoms with Crippen molar-refractivity contribution in [3.8, 4) is 11.5 Å². The van der Waals surface area contributed by atoms with Gasteiger partial charge in [-0.25, -0.2) is 8.42 Å². The molecule has 0 fully saturated rings. The number of carbonyl (C=O) groups is 1. The molecule has 27 heavy (non-hydrogen) atoms. The molecule has 1 amide bonds. The zero-order valence-corrected chi connectivity index (χ0v) is 15.3. The maximum absolute atomic E-state index is 12.3. The van der Waals surface area contributed by atoms with E-state index in [1.165, 1.54) is 38.4 Å². The number of anilines is 1. The van der Waals surface area contributed by atoms with Crippen molar-refractivity contribution in [1.29, 1.82) is 0 Å². The van der Waals surface area contributed by atoms with Crippen molar-refractivity contribution in [3.05, 3.63) is 54.2 Å². The molecule has 0 saturated heterocycles. The number of hydrogen-bond acceptors (Lipinski definition) is 7. The van der Waals surface area contributed by atoms with Crippen LogP contribution in [0.15, 0.2) is 53.6 Å². The average Bonchev–Trinajstić information content (AvgIpc) is 3.16. The molecule has 0 saturated carbocycles. The number of carbonyl (C=O) groups excluding carboxylic acids is 1. The summed E-state index contributed by atoms with van der Waals surface area (Å²) in [6, 6.07) is 10.7. The SMILES string of the molecule is CON(C)S(=O)(=O)c1ccc(C(=O)Nc2n[nH]c(-c3ccccn3)n2)cc1. The van der Waals surface area contributed by atoms with Gasteiger partial charge in [-0.1, -0.05) is 10.5 Å². The molecule has 140 valence electrons. The van der Waals surface area contributed by atoms with Crippen LogP contribution in [0.5, 0.6) is 0 Å². The number of hydroxylamine groups is 1. The Morgan fingerprint density at radius 3 is 2.56 bits per heavy atom. The minimum absolute atomic E-state index is 0.00117. The number of sulfonamides is 1. The van der Waals surface area contributed by atoms with Crippen molar-refractivity contribution in [2.45, 2.75) is 4.90 Å². The van der Waals surface area contributed by atoms with Gasteiger partial charge in [0.05, 0.1) is 12.0 Å². The predicted octanol–water partition coefficient (Wildman–Crippen LogP) is 1.30. The highest BCUT2D eigenvalue weighted by molar-refractivity contribution is 7.89. The largest absolute Gasteiger partial charge is 0.289 e. The molecule has 0 aliphatic carbocycles. The third kappa shape index (κ3) is 4.00. The van der Waals surface area contributed by atoms with Crippen molar-refractivity contribution in [3.63, 3.8) is 0 Å². The van der Waals surface area contributed by atoms with E-state index in [0.717, 1.165) is 4.47 Å². The normalized spacial score (nSPS) is 11.5. The summed E-state index contributed by atoms with van der Waals surface area (Å²) in [7, 11) is -1.25. The summed E-state index contributed by atoms with van der Waals surface area (Å²) in [5, 5.41) is 9.15. The van der Waals surface area contributed by atoms with Crippen molar-refractivity contribution in [1.82, 2.24) is 24.6 Å². The van der Waals surface area contributed by atoms with Crippen LogP contribution >= 0.6 is 0 Å². The highest BCUT2D eigenvalue weighted by atomic mass is 32.2. The minimum Gasteiger partial charge on any atom is -0.289 e. The van der Waals surface area contributed by atoms with Gasteiger partial charge in [-0.2, -0.15) is 4.98 Å². The number of rotatable bonds is 6. The fourth-order valence-electron chi connectivity index (χ4n) is 2.13. The summed E-state index contributed by atoms with van der Waals surface area (Å²) in [5.74, 6) is 0.0111. The van der Waals surface area contributed by atoms with Crippen LogP contribution in [0.25, 0.3) is 11.5 Å². The van der Waals surface area contributed by atoms with Gasteiger partial charge in [0, 0.05) is 18.8 Å². The molecular formula is C16H16N6O4S. The van der Waals surface area contributed by atoms with E-state index in [-0.39, 0.29) is 16.4 Å². The Morgan fingerprint density at radius 2 is 1.93 bits per heavy atom. The second-order valence-corrected chi connectivity index (χ2v) is 7.23. The van der Waals surface area contributed by atoms with Crippen molar-refractivity contribution >= 4 is 21.9 Å². The molecule has 0 atom stereocenters. The van der Waals surface area contributed by atoms with Crippen LogP contribution in [0.1, 0.15) is 10.4 Å². The number of nitrogens with zero attached hydrogens (tertiary/aromatic N) is 4. The molecule has 0 unspecified atom stereocenters. The first-order valence-electron chi connectivity index (χ1n) is 7.70. The molecule has 0 bridgehead atoms. The number of aromatic amines is 1. The second kappa shape index (κ2) is 7.61. The molecule has 1 aromatic carbocycles. The van der Waals surface area contributed by atoms with Crippen LogP contribution < -0.4 is 5.32 Å². The van der Waals surface area contributed by atoms with E-state index in [1.54, 1.807) is 24.4 Å². The van der Waals surface area contributed by atoms with E-state index in [1.807, 2.05) is 0 Å². The lowest BCUT2D eigenvalue weighted by molar-refractivity contribution is -0.0258. The van der Waals surface area contributed by atoms with Gasteiger partial charge in [0.2, 0.25) is 5.95 Å². The summed E-state index contributed by atoms with van der Waals surface area (Å²) in [6.45, 7) is 0. The topological polar surface area (TPSA) is 130 Å². The number of amides is 1. The maximum Gasteiger partial charge on any atom is 0.264 e. The third-order valence-corrected chi connectivity index (χ3v) is 5.32. The van der Waals surface area contributed by atoms with Crippen LogP contribution in [0, 0.1) is 0 Å². The van der Waals surface area contributed by atoms with Gasteiger partial charge in [0.15, 0.2) is 5.82 Å². The molecule has 2 N–H and O–H groups in total. The second-order valence-electron chi connectivity index (χ2n) is 5.30. The number of H-pyrrole nitrogens is 1. The Kier molecular flexibility index (Phi) is 5.26. The van der Waals surface area contributed by atoms with Gasteiger partial charge in [-0.15, -0.1) is 5.10 Å². The molecule has 0 spiro atoms. The molecule has 10 nitrogen and oxygen atoms in total. The van der Waals surface area contributed by atoms with Gasteiger partial charge >= 0.3 is 0 Å². The minimum atomic E-state index is -3.77. The predicted molar refractivity (Wildman–Crippen MR) is 96.0 cm³/mol. The first kappa shape index (κ1) is 18.6. The summed E-state index contributed by atoms with van der Waals surface area (Å²) in [5.41, 5.74) is 0.834. The molecule has 2 aromatic heterocycles. The fraction of sp³-hybridized carbons (Fsp3) is 0.125. The van der Waals surface area contributed by atoms with Crippen LogP contribution in [0.4, 0.5) is 5.95 Å². The standard InChI is InChI=1S/C16H16N6O4S/c1-22(26-2)27(24,25)12-8-6-11(7-9-12)15(23)19-16-18-14(20-21-16)13-5-3-4-10-17-13/h3-10H,1-2H3,(H2,18,19,20,21,23). The quantitative estimate of drug-likeness (QED) is 0.609. The van der Waals surface area contributed by atoms with Crippen molar-refractivity contribution in [2.24, 2.45) is 0 Å². The molecule has 3 rings (SSSR count).